The first kappa shape index (κ1) is 34.6. The summed E-state index contributed by atoms with van der Waals surface area (Å²) in [4.78, 5) is 49.4. The molecule has 0 spiro atoms. The van der Waals surface area contributed by atoms with E-state index in [2.05, 4.69) is 48.0 Å². The molecule has 2 fully saturated rings. The first-order valence-electron chi connectivity index (χ1n) is 17.5. The Hall–Kier alpha value is -5.86. The van der Waals surface area contributed by atoms with E-state index < -0.39 is 5.91 Å². The van der Waals surface area contributed by atoms with Crippen molar-refractivity contribution in [2.45, 2.75) is 31.7 Å². The normalized spacial score (nSPS) is 16.8. The lowest BCUT2D eigenvalue weighted by molar-refractivity contribution is -0.134. The van der Waals surface area contributed by atoms with Crippen molar-refractivity contribution in [3.8, 4) is 17.0 Å². The number of aromatic nitrogens is 4. The Morgan fingerprint density at radius 2 is 1.79 bits per heavy atom. The number of ether oxygens (including phenoxy) is 1. The highest BCUT2D eigenvalue weighted by molar-refractivity contribution is 6.01. The Bertz CT molecular complexity index is 2060. The number of imidazole rings is 1. The molecule has 7 rings (SSSR count). The molecule has 14 heteroatoms. The molecule has 0 saturated carbocycles. The third-order valence-electron chi connectivity index (χ3n) is 9.53. The summed E-state index contributed by atoms with van der Waals surface area (Å²) in [6.45, 7) is 6.46. The van der Waals surface area contributed by atoms with Crippen LogP contribution in [0, 0.1) is 0 Å². The maximum atomic E-state index is 12.1. The average Bonchev–Trinajstić information content (AvgIpc) is 3.59. The van der Waals surface area contributed by atoms with Crippen molar-refractivity contribution >= 4 is 40.6 Å². The maximum absolute atomic E-state index is 12.1. The number of piperidine rings is 1. The van der Waals surface area contributed by atoms with Gasteiger partial charge in [-0.05, 0) is 54.3 Å². The highest BCUT2D eigenvalue weighted by Crippen LogP contribution is 2.28. The Morgan fingerprint density at radius 3 is 2.52 bits per heavy atom. The van der Waals surface area contributed by atoms with Crippen molar-refractivity contribution in [3.05, 3.63) is 95.9 Å². The number of carbonyl (C=O) groups is 3. The number of hydrogen-bond acceptors (Lipinski definition) is 11. The SMILES string of the molecule is CNc1cc(Nc2cccc(-c3ccc(CN4CCN(CCCOc5ccc(C6CCC(=O)NC6=O)cc5)CC4)cn3)c2)nn2c(C(N)=O)cnc12. The van der Waals surface area contributed by atoms with Gasteiger partial charge in [-0.15, -0.1) is 5.10 Å². The number of primary amides is 1. The zero-order chi connectivity index (χ0) is 36.0. The van der Waals surface area contributed by atoms with Crippen molar-refractivity contribution in [1.29, 1.82) is 0 Å². The second-order valence-electron chi connectivity index (χ2n) is 13.1. The van der Waals surface area contributed by atoms with E-state index >= 15 is 0 Å². The highest BCUT2D eigenvalue weighted by atomic mass is 16.5. The molecule has 3 amide bonds. The maximum Gasteiger partial charge on any atom is 0.269 e. The van der Waals surface area contributed by atoms with Gasteiger partial charge in [0.2, 0.25) is 11.8 Å². The van der Waals surface area contributed by atoms with Gasteiger partial charge in [0.15, 0.2) is 11.5 Å². The summed E-state index contributed by atoms with van der Waals surface area (Å²) in [5.74, 6) is 0.00785. The van der Waals surface area contributed by atoms with Crippen LogP contribution in [-0.2, 0) is 16.1 Å². The van der Waals surface area contributed by atoms with Crippen molar-refractivity contribution in [2.24, 2.45) is 5.73 Å². The summed E-state index contributed by atoms with van der Waals surface area (Å²) in [5, 5.41) is 13.4. The number of anilines is 3. The van der Waals surface area contributed by atoms with Crippen molar-refractivity contribution in [1.82, 2.24) is 34.7 Å². The summed E-state index contributed by atoms with van der Waals surface area (Å²) in [7, 11) is 1.78. The molecule has 268 valence electrons. The van der Waals surface area contributed by atoms with Gasteiger partial charge in [0, 0.05) is 76.3 Å². The van der Waals surface area contributed by atoms with Crippen LogP contribution >= 0.6 is 0 Å². The number of nitrogens with zero attached hydrogens (tertiary/aromatic N) is 6. The van der Waals surface area contributed by atoms with Crippen LogP contribution in [0.3, 0.4) is 0 Å². The van der Waals surface area contributed by atoms with E-state index in [0.29, 0.717) is 36.6 Å². The topological polar surface area (TPSA) is 172 Å². The van der Waals surface area contributed by atoms with Crippen molar-refractivity contribution < 1.29 is 19.1 Å². The Labute approximate surface area is 301 Å². The minimum Gasteiger partial charge on any atom is -0.494 e. The molecule has 5 N–H and O–H groups in total. The second-order valence-corrected chi connectivity index (χ2v) is 13.1. The number of nitrogens with two attached hydrogens (primary N) is 1. The number of fused-ring (bicyclic) bond motifs is 1. The molecule has 2 saturated heterocycles. The van der Waals surface area contributed by atoms with E-state index in [9.17, 15) is 14.4 Å². The number of hydrogen-bond donors (Lipinski definition) is 4. The minimum atomic E-state index is -0.605. The molecule has 0 aliphatic carbocycles. The fraction of sp³-hybridized carbons (Fsp3) is 0.316. The van der Waals surface area contributed by atoms with Crippen LogP contribution in [0.25, 0.3) is 16.9 Å². The van der Waals surface area contributed by atoms with Crippen LogP contribution in [0.1, 0.15) is 46.8 Å². The number of nitrogens with one attached hydrogen (secondary N) is 3. The third-order valence-corrected chi connectivity index (χ3v) is 9.53. The van der Waals surface area contributed by atoms with Crippen LogP contribution in [0.5, 0.6) is 5.75 Å². The summed E-state index contributed by atoms with van der Waals surface area (Å²) in [5.41, 5.74) is 11.7. The van der Waals surface area contributed by atoms with E-state index in [0.717, 1.165) is 73.9 Å². The predicted octanol–water partition coefficient (Wildman–Crippen LogP) is 3.78. The van der Waals surface area contributed by atoms with Gasteiger partial charge in [-0.1, -0.05) is 30.3 Å². The first-order chi connectivity index (χ1) is 25.3. The molecule has 1 unspecified atom stereocenters. The highest BCUT2D eigenvalue weighted by Gasteiger charge is 2.27. The average molecular weight is 703 g/mol. The monoisotopic (exact) mass is 702 g/mol. The smallest absolute Gasteiger partial charge is 0.269 e. The third kappa shape index (κ3) is 8.03. The van der Waals surface area contributed by atoms with Crippen LogP contribution in [0.15, 0.2) is 79.1 Å². The molecule has 2 aliphatic rings. The number of rotatable bonds is 13. The molecule has 5 heterocycles. The minimum absolute atomic E-state index is 0.200. The summed E-state index contributed by atoms with van der Waals surface area (Å²) in [6, 6.07) is 21.6. The van der Waals surface area contributed by atoms with Gasteiger partial charge in [0.05, 0.1) is 30.1 Å². The Morgan fingerprint density at radius 1 is 0.981 bits per heavy atom. The fourth-order valence-corrected chi connectivity index (χ4v) is 6.69. The van der Waals surface area contributed by atoms with E-state index in [-0.39, 0.29) is 23.4 Å². The molecule has 2 aliphatic heterocycles. The Balaban J connectivity index is 0.856. The first-order valence-corrected chi connectivity index (χ1v) is 17.5. The van der Waals surface area contributed by atoms with Gasteiger partial charge in [-0.2, -0.15) is 0 Å². The molecule has 14 nitrogen and oxygen atoms in total. The molecule has 2 aromatic carbocycles. The van der Waals surface area contributed by atoms with Gasteiger partial charge in [-0.25, -0.2) is 9.50 Å². The molecular weight excluding hydrogens is 660 g/mol. The van der Waals surface area contributed by atoms with Crippen molar-refractivity contribution in [2.75, 3.05) is 57.0 Å². The molecule has 0 bridgehead atoms. The fourth-order valence-electron chi connectivity index (χ4n) is 6.69. The summed E-state index contributed by atoms with van der Waals surface area (Å²) >= 11 is 0. The largest absolute Gasteiger partial charge is 0.494 e. The number of amides is 3. The van der Waals surface area contributed by atoms with Crippen molar-refractivity contribution in [3.63, 3.8) is 0 Å². The summed E-state index contributed by atoms with van der Waals surface area (Å²) in [6.07, 6.45) is 5.22. The van der Waals surface area contributed by atoms with Crippen LogP contribution < -0.4 is 26.4 Å². The van der Waals surface area contributed by atoms with Gasteiger partial charge < -0.3 is 26.0 Å². The lowest BCUT2D eigenvalue weighted by atomic mass is 9.90. The van der Waals surface area contributed by atoms with Gasteiger partial charge in [0.1, 0.15) is 11.4 Å². The standard InChI is InChI=1S/C38H42N10O4/c1-40-32-21-34(45-48-33(36(39)50)23-42-37(32)48)43-28-5-2-4-27(20-28)31-12-6-25(22-41-31)24-47-17-15-46(16-18-47)14-3-19-52-29-9-7-26(8-10-29)30-11-13-35(49)44-38(30)51/h2,4-10,12,20-23,30,40H,3,11,13-19,24H2,1H3,(H2,39,50)(H,43,45)(H,44,49,51). The van der Waals surface area contributed by atoms with E-state index in [1.807, 2.05) is 60.8 Å². The quantitative estimate of drug-likeness (QED) is 0.104. The zero-order valence-electron chi connectivity index (χ0n) is 29.0. The lowest BCUT2D eigenvalue weighted by Gasteiger charge is -2.34. The lowest BCUT2D eigenvalue weighted by Crippen LogP contribution is -2.46. The number of benzene rings is 2. The predicted molar refractivity (Wildman–Crippen MR) is 197 cm³/mol. The van der Waals surface area contributed by atoms with Crippen LogP contribution in [0.4, 0.5) is 17.2 Å². The molecule has 0 radical (unpaired) electrons. The van der Waals surface area contributed by atoms with Crippen LogP contribution in [-0.4, -0.2) is 93.5 Å². The van der Waals surface area contributed by atoms with Gasteiger partial charge >= 0.3 is 0 Å². The number of carbonyl (C=O) groups excluding carboxylic acids is 3. The summed E-state index contributed by atoms with van der Waals surface area (Å²) < 4.78 is 7.40. The number of imide groups is 1. The van der Waals surface area contributed by atoms with E-state index in [1.165, 1.54) is 16.3 Å². The van der Waals surface area contributed by atoms with Gasteiger partial charge in [0.25, 0.3) is 5.91 Å². The van der Waals surface area contributed by atoms with Crippen LogP contribution in [0.2, 0.25) is 0 Å². The van der Waals surface area contributed by atoms with E-state index in [1.54, 1.807) is 7.05 Å². The molecular formula is C38H42N10O4. The molecule has 1 atom stereocenters. The molecule has 5 aromatic rings. The molecule has 52 heavy (non-hydrogen) atoms. The Kier molecular flexibility index (Phi) is 10.4. The van der Waals surface area contributed by atoms with Gasteiger partial charge in [-0.3, -0.25) is 29.6 Å². The number of pyridine rings is 1. The molecule has 3 aromatic heterocycles. The zero-order valence-corrected chi connectivity index (χ0v) is 29.0. The second kappa shape index (κ2) is 15.6. The number of piperazine rings is 1. The van der Waals surface area contributed by atoms with E-state index in [4.69, 9.17) is 15.5 Å².